The third-order valence-electron chi connectivity index (χ3n) is 3.11. The molecule has 2 rings (SSSR count). The summed E-state index contributed by atoms with van der Waals surface area (Å²) >= 11 is 0. The Balaban J connectivity index is 2.54. The number of aliphatic carboxylic acids is 1. The van der Waals surface area contributed by atoms with E-state index in [-0.39, 0.29) is 0 Å². The zero-order chi connectivity index (χ0) is 15.6. The van der Waals surface area contributed by atoms with Crippen LogP contribution in [0.4, 0.5) is 0 Å². The quantitative estimate of drug-likeness (QED) is 0.833. The van der Waals surface area contributed by atoms with Crippen molar-refractivity contribution in [3.05, 3.63) is 36.5 Å². The first-order valence-corrected chi connectivity index (χ1v) is 6.29. The van der Waals surface area contributed by atoms with Crippen molar-refractivity contribution in [2.75, 3.05) is 5.01 Å². The molecular weight excluding hydrogens is 274 g/mol. The maximum Gasteiger partial charge on any atom is 0.329 e. The Morgan fingerprint density at radius 1 is 1.29 bits per heavy atom. The van der Waals surface area contributed by atoms with Gasteiger partial charge in [-0.2, -0.15) is 0 Å². The minimum absolute atomic E-state index is 0.457. The van der Waals surface area contributed by atoms with E-state index in [4.69, 9.17) is 5.73 Å². The van der Waals surface area contributed by atoms with Crippen molar-refractivity contribution < 1.29 is 19.5 Å². The molecule has 0 aliphatic heterocycles. The monoisotopic (exact) mass is 289 g/mol. The summed E-state index contributed by atoms with van der Waals surface area (Å²) in [7, 11) is 0. The van der Waals surface area contributed by atoms with Crippen LogP contribution in [0.15, 0.2) is 36.5 Å². The average Bonchev–Trinajstić information content (AvgIpc) is 2.81. The van der Waals surface area contributed by atoms with Gasteiger partial charge >= 0.3 is 5.97 Å². The molecule has 0 fully saturated rings. The van der Waals surface area contributed by atoms with Gasteiger partial charge in [-0.05, 0) is 12.1 Å². The Morgan fingerprint density at radius 2 is 1.95 bits per heavy atom. The maximum absolute atomic E-state index is 11.9. The molecule has 7 nitrogen and oxygen atoms in total. The number of aromatic nitrogens is 1. The molecule has 0 spiro atoms. The standard InChI is InChI=1S/C14H15N3O4/c1-9(18)17(12(14(20)21)8-13(15)19)16-7-6-10-4-2-3-5-11(10)16/h2-7,12H,8H2,1H3,(H2,15,19)(H,20,21)/t12-/m0/s1. The maximum atomic E-state index is 11.9. The summed E-state index contributed by atoms with van der Waals surface area (Å²) in [6, 6.07) is 7.62. The van der Waals surface area contributed by atoms with Crippen molar-refractivity contribution in [2.45, 2.75) is 19.4 Å². The smallest absolute Gasteiger partial charge is 0.329 e. The van der Waals surface area contributed by atoms with Gasteiger partial charge < -0.3 is 10.8 Å². The molecule has 0 aliphatic rings. The molecule has 2 amide bonds. The minimum atomic E-state index is -1.35. The van der Waals surface area contributed by atoms with Crippen LogP contribution in [0.1, 0.15) is 13.3 Å². The van der Waals surface area contributed by atoms with E-state index < -0.39 is 30.2 Å². The molecule has 0 saturated heterocycles. The predicted molar refractivity (Wildman–Crippen MR) is 76.1 cm³/mol. The van der Waals surface area contributed by atoms with E-state index in [1.165, 1.54) is 11.6 Å². The van der Waals surface area contributed by atoms with Crippen LogP contribution < -0.4 is 10.7 Å². The highest BCUT2D eigenvalue weighted by Crippen LogP contribution is 2.18. The summed E-state index contributed by atoms with van der Waals surface area (Å²) in [4.78, 5) is 34.4. The summed E-state index contributed by atoms with van der Waals surface area (Å²) in [6.45, 7) is 1.24. The van der Waals surface area contributed by atoms with E-state index in [1.807, 2.05) is 12.1 Å². The number of para-hydroxylation sites is 1. The fraction of sp³-hybridized carbons (Fsp3) is 0.214. The number of nitrogens with zero attached hydrogens (tertiary/aromatic N) is 2. The molecule has 7 heteroatoms. The van der Waals surface area contributed by atoms with Crippen LogP contribution in [0.25, 0.3) is 10.9 Å². The van der Waals surface area contributed by atoms with Gasteiger partial charge in [0.15, 0.2) is 6.04 Å². The van der Waals surface area contributed by atoms with Gasteiger partial charge in [0.25, 0.3) is 0 Å². The number of hydrogen-bond acceptors (Lipinski definition) is 3. The van der Waals surface area contributed by atoms with Crippen molar-refractivity contribution in [3.63, 3.8) is 0 Å². The highest BCUT2D eigenvalue weighted by Gasteiger charge is 2.31. The molecule has 2 aromatic rings. The Kier molecular flexibility index (Phi) is 3.93. The lowest BCUT2D eigenvalue weighted by Gasteiger charge is -2.28. The van der Waals surface area contributed by atoms with Crippen LogP contribution in [-0.4, -0.2) is 33.6 Å². The fourth-order valence-corrected chi connectivity index (χ4v) is 2.25. The summed E-state index contributed by atoms with van der Waals surface area (Å²) in [5.74, 6) is -2.57. The topological polar surface area (TPSA) is 106 Å². The first-order chi connectivity index (χ1) is 9.91. The number of nitrogens with two attached hydrogens (primary N) is 1. The van der Waals surface area contributed by atoms with E-state index in [0.29, 0.717) is 5.52 Å². The number of hydrogen-bond donors (Lipinski definition) is 2. The predicted octanol–water partition coefficient (Wildman–Crippen LogP) is 0.454. The lowest BCUT2D eigenvalue weighted by atomic mass is 10.2. The molecule has 1 aromatic heterocycles. The Labute approximate surface area is 120 Å². The van der Waals surface area contributed by atoms with Gasteiger partial charge in [0.1, 0.15) is 0 Å². The molecule has 0 bridgehead atoms. The zero-order valence-corrected chi connectivity index (χ0v) is 11.4. The second-order valence-corrected chi connectivity index (χ2v) is 4.61. The van der Waals surface area contributed by atoms with Crippen molar-refractivity contribution in [1.82, 2.24) is 4.68 Å². The molecular formula is C14H15N3O4. The Hall–Kier alpha value is -2.83. The van der Waals surface area contributed by atoms with E-state index >= 15 is 0 Å². The summed E-state index contributed by atoms with van der Waals surface area (Å²) < 4.78 is 1.43. The normalized spacial score (nSPS) is 12.0. The number of carbonyl (C=O) groups is 3. The third-order valence-corrected chi connectivity index (χ3v) is 3.11. The van der Waals surface area contributed by atoms with Crippen molar-refractivity contribution >= 4 is 28.7 Å². The molecule has 0 aliphatic carbocycles. The van der Waals surface area contributed by atoms with E-state index in [1.54, 1.807) is 24.4 Å². The molecule has 1 aromatic carbocycles. The fourth-order valence-electron chi connectivity index (χ4n) is 2.25. The number of carboxylic acid groups (broad SMARTS) is 1. The van der Waals surface area contributed by atoms with E-state index in [9.17, 15) is 19.5 Å². The van der Waals surface area contributed by atoms with Crippen LogP contribution in [0.3, 0.4) is 0 Å². The van der Waals surface area contributed by atoms with Crippen LogP contribution in [0, 0.1) is 0 Å². The van der Waals surface area contributed by atoms with Crippen molar-refractivity contribution in [1.29, 1.82) is 0 Å². The van der Waals surface area contributed by atoms with Gasteiger partial charge in [-0.3, -0.25) is 14.3 Å². The average molecular weight is 289 g/mol. The molecule has 0 saturated carbocycles. The number of amides is 2. The number of primary amides is 1. The highest BCUT2D eigenvalue weighted by atomic mass is 16.4. The molecule has 0 unspecified atom stereocenters. The molecule has 1 atom stereocenters. The van der Waals surface area contributed by atoms with Crippen molar-refractivity contribution in [3.8, 4) is 0 Å². The minimum Gasteiger partial charge on any atom is -0.480 e. The Bertz CT molecular complexity index is 707. The largest absolute Gasteiger partial charge is 0.480 e. The molecule has 0 radical (unpaired) electrons. The lowest BCUT2D eigenvalue weighted by molar-refractivity contribution is -0.142. The second-order valence-electron chi connectivity index (χ2n) is 4.61. The van der Waals surface area contributed by atoms with Crippen LogP contribution in [0.2, 0.25) is 0 Å². The van der Waals surface area contributed by atoms with Crippen LogP contribution >= 0.6 is 0 Å². The number of carboxylic acids is 1. The molecule has 110 valence electrons. The molecule has 3 N–H and O–H groups in total. The number of carbonyl (C=O) groups excluding carboxylic acids is 2. The first kappa shape index (κ1) is 14.6. The second kappa shape index (κ2) is 5.66. The SMILES string of the molecule is CC(=O)N([C@@H](CC(N)=O)C(=O)O)n1ccc2ccccc21. The van der Waals surface area contributed by atoms with Gasteiger partial charge in [0.05, 0.1) is 11.9 Å². The summed E-state index contributed by atoms with van der Waals surface area (Å²) in [5.41, 5.74) is 5.76. The zero-order valence-electron chi connectivity index (χ0n) is 11.4. The molecule has 1 heterocycles. The third kappa shape index (κ3) is 2.86. The first-order valence-electron chi connectivity index (χ1n) is 6.29. The number of benzene rings is 1. The number of rotatable bonds is 5. The Morgan fingerprint density at radius 3 is 2.52 bits per heavy atom. The van der Waals surface area contributed by atoms with Gasteiger partial charge in [-0.15, -0.1) is 0 Å². The summed E-state index contributed by atoms with van der Waals surface area (Å²) in [5, 5.41) is 11.2. The van der Waals surface area contributed by atoms with Gasteiger partial charge in [-0.1, -0.05) is 18.2 Å². The summed E-state index contributed by atoms with van der Waals surface area (Å²) in [6.07, 6.45) is 1.13. The van der Waals surface area contributed by atoms with Crippen molar-refractivity contribution in [2.24, 2.45) is 5.73 Å². The van der Waals surface area contributed by atoms with Crippen LogP contribution in [-0.2, 0) is 14.4 Å². The van der Waals surface area contributed by atoms with E-state index in [2.05, 4.69) is 0 Å². The molecule has 21 heavy (non-hydrogen) atoms. The van der Waals surface area contributed by atoms with E-state index in [0.717, 1.165) is 10.4 Å². The van der Waals surface area contributed by atoms with Gasteiger partial charge in [0.2, 0.25) is 11.8 Å². The van der Waals surface area contributed by atoms with Gasteiger partial charge in [0, 0.05) is 18.5 Å². The highest BCUT2D eigenvalue weighted by molar-refractivity contribution is 5.95. The lowest BCUT2D eigenvalue weighted by Crippen LogP contribution is -2.52. The van der Waals surface area contributed by atoms with Gasteiger partial charge in [-0.25, -0.2) is 9.80 Å². The van der Waals surface area contributed by atoms with Crippen LogP contribution in [0.5, 0.6) is 0 Å². The number of fused-ring (bicyclic) bond motifs is 1.